The summed E-state index contributed by atoms with van der Waals surface area (Å²) in [6.45, 7) is 9.81. The molecule has 1 heterocycles. The van der Waals surface area contributed by atoms with Crippen LogP contribution in [0, 0.1) is 0 Å². The molecule has 0 aromatic rings. The van der Waals surface area contributed by atoms with Crippen molar-refractivity contribution in [3.05, 3.63) is 0 Å². The maximum absolute atomic E-state index is 5.67. The number of rotatable bonds is 2. The van der Waals surface area contributed by atoms with Crippen molar-refractivity contribution in [1.82, 2.24) is 4.90 Å². The van der Waals surface area contributed by atoms with E-state index in [2.05, 4.69) is 48.3 Å². The standard InChI is InChI=1S/C9H18INO/c1-7(2)11-4-5-12-9(6-11)8(3)10/h7-9H,4-6H2,1-3H3. The van der Waals surface area contributed by atoms with E-state index >= 15 is 0 Å². The van der Waals surface area contributed by atoms with Gasteiger partial charge in [-0.25, -0.2) is 0 Å². The first kappa shape index (κ1) is 10.7. The quantitative estimate of drug-likeness (QED) is 0.567. The Morgan fingerprint density at radius 1 is 1.42 bits per heavy atom. The van der Waals surface area contributed by atoms with Crippen LogP contribution in [0.3, 0.4) is 0 Å². The fourth-order valence-corrected chi connectivity index (χ4v) is 1.88. The maximum atomic E-state index is 5.67. The number of alkyl halides is 1. The van der Waals surface area contributed by atoms with Gasteiger partial charge >= 0.3 is 0 Å². The summed E-state index contributed by atoms with van der Waals surface area (Å²) in [4.78, 5) is 2.49. The summed E-state index contributed by atoms with van der Waals surface area (Å²) in [6.07, 6.45) is 0.432. The smallest absolute Gasteiger partial charge is 0.0817 e. The molecule has 0 amide bonds. The Morgan fingerprint density at radius 2 is 2.08 bits per heavy atom. The van der Waals surface area contributed by atoms with E-state index in [1.807, 2.05) is 0 Å². The lowest BCUT2D eigenvalue weighted by Gasteiger charge is -2.36. The molecule has 0 aromatic heterocycles. The van der Waals surface area contributed by atoms with E-state index in [1.165, 1.54) is 0 Å². The van der Waals surface area contributed by atoms with Crippen molar-refractivity contribution in [2.24, 2.45) is 0 Å². The second-order valence-corrected chi connectivity index (χ2v) is 5.64. The Hall–Kier alpha value is 0.650. The third kappa shape index (κ3) is 2.85. The second kappa shape index (κ2) is 4.77. The summed E-state index contributed by atoms with van der Waals surface area (Å²) >= 11 is 2.44. The lowest BCUT2D eigenvalue weighted by Crippen LogP contribution is -2.48. The third-order valence-corrected chi connectivity index (χ3v) is 3.17. The van der Waals surface area contributed by atoms with E-state index < -0.39 is 0 Å². The highest BCUT2D eigenvalue weighted by molar-refractivity contribution is 14.1. The van der Waals surface area contributed by atoms with Gasteiger partial charge in [-0.2, -0.15) is 0 Å². The third-order valence-electron chi connectivity index (χ3n) is 2.37. The van der Waals surface area contributed by atoms with Gasteiger partial charge in [0, 0.05) is 23.1 Å². The zero-order valence-electron chi connectivity index (χ0n) is 8.09. The topological polar surface area (TPSA) is 12.5 Å². The summed E-state index contributed by atoms with van der Waals surface area (Å²) in [5.41, 5.74) is 0. The van der Waals surface area contributed by atoms with Crippen LogP contribution < -0.4 is 0 Å². The molecule has 0 spiro atoms. The number of hydrogen-bond donors (Lipinski definition) is 0. The second-order valence-electron chi connectivity index (χ2n) is 3.68. The molecule has 1 saturated heterocycles. The molecule has 0 radical (unpaired) electrons. The fourth-order valence-electron chi connectivity index (χ4n) is 1.44. The summed E-state index contributed by atoms with van der Waals surface area (Å²) < 4.78 is 6.29. The maximum Gasteiger partial charge on any atom is 0.0817 e. The van der Waals surface area contributed by atoms with Gasteiger partial charge in [0.05, 0.1) is 12.7 Å². The average molecular weight is 283 g/mol. The first-order valence-electron chi connectivity index (χ1n) is 4.61. The number of hydrogen-bond acceptors (Lipinski definition) is 2. The minimum atomic E-state index is 0.432. The van der Waals surface area contributed by atoms with Crippen LogP contribution in [0.15, 0.2) is 0 Å². The van der Waals surface area contributed by atoms with Crippen molar-refractivity contribution < 1.29 is 4.74 Å². The molecule has 0 aromatic carbocycles. The van der Waals surface area contributed by atoms with E-state index in [-0.39, 0.29) is 0 Å². The van der Waals surface area contributed by atoms with E-state index in [0.29, 0.717) is 16.1 Å². The number of ether oxygens (including phenoxy) is 1. The summed E-state index contributed by atoms with van der Waals surface area (Å²) in [7, 11) is 0. The van der Waals surface area contributed by atoms with Gasteiger partial charge in [0.25, 0.3) is 0 Å². The lowest BCUT2D eigenvalue weighted by molar-refractivity contribution is -0.0348. The van der Waals surface area contributed by atoms with Crippen LogP contribution in [0.5, 0.6) is 0 Å². The Bertz CT molecular complexity index is 124. The minimum Gasteiger partial charge on any atom is -0.374 e. The predicted octanol–water partition coefficient (Wildman–Crippen LogP) is 1.92. The first-order chi connectivity index (χ1) is 5.61. The summed E-state index contributed by atoms with van der Waals surface area (Å²) in [6, 6.07) is 0.659. The molecule has 0 aliphatic carbocycles. The molecule has 1 aliphatic rings. The molecule has 72 valence electrons. The normalized spacial score (nSPS) is 29.2. The molecule has 12 heavy (non-hydrogen) atoms. The largest absolute Gasteiger partial charge is 0.374 e. The Kier molecular flexibility index (Phi) is 4.26. The molecule has 1 rings (SSSR count). The van der Waals surface area contributed by atoms with Gasteiger partial charge in [-0.1, -0.05) is 29.5 Å². The van der Waals surface area contributed by atoms with Crippen molar-refractivity contribution >= 4 is 22.6 Å². The molecule has 2 atom stereocenters. The Balaban J connectivity index is 2.40. The highest BCUT2D eigenvalue weighted by atomic mass is 127. The van der Waals surface area contributed by atoms with E-state index in [0.717, 1.165) is 19.7 Å². The van der Waals surface area contributed by atoms with Gasteiger partial charge in [0.1, 0.15) is 0 Å². The van der Waals surface area contributed by atoms with E-state index in [9.17, 15) is 0 Å². The number of nitrogens with zero attached hydrogens (tertiary/aromatic N) is 1. The molecule has 0 N–H and O–H groups in total. The van der Waals surface area contributed by atoms with Crippen molar-refractivity contribution in [3.8, 4) is 0 Å². The van der Waals surface area contributed by atoms with E-state index in [1.54, 1.807) is 0 Å². The first-order valence-corrected chi connectivity index (χ1v) is 5.85. The van der Waals surface area contributed by atoms with Gasteiger partial charge < -0.3 is 4.74 Å². The zero-order valence-corrected chi connectivity index (χ0v) is 10.2. The molecular weight excluding hydrogens is 265 g/mol. The van der Waals surface area contributed by atoms with Crippen molar-refractivity contribution in [2.45, 2.75) is 36.8 Å². The molecule has 1 fully saturated rings. The Labute approximate surface area is 88.8 Å². The molecular formula is C9H18INO. The number of halogens is 1. The molecule has 2 nitrogen and oxygen atoms in total. The molecule has 3 heteroatoms. The monoisotopic (exact) mass is 283 g/mol. The highest BCUT2D eigenvalue weighted by Crippen LogP contribution is 2.16. The number of morpholine rings is 1. The van der Waals surface area contributed by atoms with E-state index in [4.69, 9.17) is 4.74 Å². The fraction of sp³-hybridized carbons (Fsp3) is 1.00. The van der Waals surface area contributed by atoms with Gasteiger partial charge in [-0.05, 0) is 13.8 Å². The van der Waals surface area contributed by atoms with Crippen LogP contribution in [0.2, 0.25) is 0 Å². The molecule has 1 aliphatic heterocycles. The molecule has 2 unspecified atom stereocenters. The molecule has 0 bridgehead atoms. The van der Waals surface area contributed by atoms with Crippen molar-refractivity contribution in [3.63, 3.8) is 0 Å². The Morgan fingerprint density at radius 3 is 2.58 bits per heavy atom. The molecule has 0 saturated carbocycles. The predicted molar refractivity (Wildman–Crippen MR) is 59.9 cm³/mol. The SMILES string of the molecule is CC(I)C1CN(C(C)C)CCO1. The van der Waals surface area contributed by atoms with Crippen LogP contribution in [0.4, 0.5) is 0 Å². The zero-order chi connectivity index (χ0) is 9.14. The minimum absolute atomic E-state index is 0.432. The highest BCUT2D eigenvalue weighted by Gasteiger charge is 2.24. The van der Waals surface area contributed by atoms with Crippen LogP contribution in [0.25, 0.3) is 0 Å². The van der Waals surface area contributed by atoms with Crippen molar-refractivity contribution in [1.29, 1.82) is 0 Å². The van der Waals surface area contributed by atoms with Crippen LogP contribution in [-0.4, -0.2) is 40.7 Å². The van der Waals surface area contributed by atoms with Crippen LogP contribution in [-0.2, 0) is 4.74 Å². The van der Waals surface area contributed by atoms with Gasteiger partial charge in [0.2, 0.25) is 0 Å². The van der Waals surface area contributed by atoms with Gasteiger partial charge in [0.15, 0.2) is 0 Å². The van der Waals surface area contributed by atoms with Gasteiger partial charge in [-0.15, -0.1) is 0 Å². The van der Waals surface area contributed by atoms with Gasteiger partial charge in [-0.3, -0.25) is 4.90 Å². The average Bonchev–Trinajstić information content (AvgIpc) is 2.04. The van der Waals surface area contributed by atoms with Crippen LogP contribution >= 0.6 is 22.6 Å². The summed E-state index contributed by atoms with van der Waals surface area (Å²) in [5, 5.41) is 0. The summed E-state index contributed by atoms with van der Waals surface area (Å²) in [5.74, 6) is 0. The lowest BCUT2D eigenvalue weighted by atomic mass is 10.2. The van der Waals surface area contributed by atoms with Crippen molar-refractivity contribution in [2.75, 3.05) is 19.7 Å². The van der Waals surface area contributed by atoms with Crippen LogP contribution in [0.1, 0.15) is 20.8 Å².